The van der Waals surface area contributed by atoms with E-state index in [9.17, 15) is 17.6 Å². The maximum Gasteiger partial charge on any atom is 0.264 e. The zero-order chi connectivity index (χ0) is 20.0. The van der Waals surface area contributed by atoms with E-state index in [0.29, 0.717) is 12.2 Å². The Bertz CT molecular complexity index is 1020. The van der Waals surface area contributed by atoms with Gasteiger partial charge in [0.1, 0.15) is 12.4 Å². The van der Waals surface area contributed by atoms with Crippen LogP contribution in [-0.2, 0) is 21.4 Å². The number of carbonyl (C=O) groups excluding carboxylic acids is 1. The summed E-state index contributed by atoms with van der Waals surface area (Å²) in [5.41, 5.74) is 1.25. The highest BCUT2D eigenvalue weighted by Gasteiger charge is 2.27. The van der Waals surface area contributed by atoms with Crippen molar-refractivity contribution in [2.24, 2.45) is 0 Å². The highest BCUT2D eigenvalue weighted by molar-refractivity contribution is 7.92. The quantitative estimate of drug-likeness (QED) is 0.664. The molecule has 5 nitrogen and oxygen atoms in total. The number of benzene rings is 3. The molecule has 0 spiro atoms. The first-order valence-electron chi connectivity index (χ1n) is 8.61. The lowest BCUT2D eigenvalue weighted by atomic mass is 10.2. The van der Waals surface area contributed by atoms with Gasteiger partial charge in [-0.05, 0) is 42.0 Å². The second-order valence-electron chi connectivity index (χ2n) is 6.06. The smallest absolute Gasteiger partial charge is 0.264 e. The number of nitrogens with zero attached hydrogens (tertiary/aromatic N) is 1. The van der Waals surface area contributed by atoms with Crippen LogP contribution in [0.5, 0.6) is 0 Å². The van der Waals surface area contributed by atoms with E-state index >= 15 is 0 Å². The van der Waals surface area contributed by atoms with Crippen LogP contribution in [0.1, 0.15) is 5.56 Å². The van der Waals surface area contributed by atoms with Gasteiger partial charge in [-0.25, -0.2) is 12.8 Å². The number of para-hydroxylation sites is 1. The molecule has 1 N–H and O–H groups in total. The molecular weight excluding hydrogens is 379 g/mol. The Labute approximate surface area is 163 Å². The van der Waals surface area contributed by atoms with E-state index in [4.69, 9.17) is 0 Å². The van der Waals surface area contributed by atoms with Crippen LogP contribution < -0.4 is 9.62 Å². The van der Waals surface area contributed by atoms with Gasteiger partial charge in [0, 0.05) is 6.54 Å². The van der Waals surface area contributed by atoms with Crippen molar-refractivity contribution in [1.29, 1.82) is 0 Å². The van der Waals surface area contributed by atoms with E-state index in [1.807, 2.05) is 30.3 Å². The van der Waals surface area contributed by atoms with Crippen molar-refractivity contribution >= 4 is 21.6 Å². The van der Waals surface area contributed by atoms with Crippen molar-refractivity contribution in [2.75, 3.05) is 10.8 Å². The molecule has 144 valence electrons. The molecule has 0 bridgehead atoms. The zero-order valence-electron chi connectivity index (χ0n) is 15.0. The van der Waals surface area contributed by atoms with Crippen molar-refractivity contribution in [3.63, 3.8) is 0 Å². The predicted molar refractivity (Wildman–Crippen MR) is 106 cm³/mol. The fourth-order valence-electron chi connectivity index (χ4n) is 2.63. The lowest BCUT2D eigenvalue weighted by molar-refractivity contribution is -0.119. The van der Waals surface area contributed by atoms with E-state index < -0.39 is 28.3 Å². The van der Waals surface area contributed by atoms with Gasteiger partial charge in [-0.1, -0.05) is 48.5 Å². The molecular formula is C21H19FN2O3S. The number of hydrogen-bond donors (Lipinski definition) is 1. The average Bonchev–Trinajstić information content (AvgIpc) is 2.72. The largest absolute Gasteiger partial charge is 0.350 e. The van der Waals surface area contributed by atoms with Gasteiger partial charge in [-0.2, -0.15) is 0 Å². The van der Waals surface area contributed by atoms with Gasteiger partial charge in [0.05, 0.1) is 10.6 Å². The minimum Gasteiger partial charge on any atom is -0.350 e. The maximum atomic E-state index is 13.2. The standard InChI is InChI=1S/C21H19FN2O3S/c22-18-11-13-20(14-12-18)28(26,27)24(19-9-5-2-6-10-19)16-21(25)23-15-17-7-3-1-4-8-17/h1-14H,15-16H2,(H,23,25). The summed E-state index contributed by atoms with van der Waals surface area (Å²) in [5, 5.41) is 2.73. The topological polar surface area (TPSA) is 66.5 Å². The van der Waals surface area contributed by atoms with Crippen LogP contribution in [-0.4, -0.2) is 20.9 Å². The minimum atomic E-state index is -4.04. The molecule has 0 aliphatic rings. The summed E-state index contributed by atoms with van der Waals surface area (Å²) in [6, 6.07) is 22.2. The maximum absolute atomic E-state index is 13.2. The zero-order valence-corrected chi connectivity index (χ0v) is 15.8. The molecule has 28 heavy (non-hydrogen) atoms. The fraction of sp³-hybridized carbons (Fsp3) is 0.0952. The second-order valence-corrected chi connectivity index (χ2v) is 7.93. The van der Waals surface area contributed by atoms with Gasteiger partial charge in [-0.3, -0.25) is 9.10 Å². The molecule has 0 aliphatic heterocycles. The number of halogens is 1. The van der Waals surface area contributed by atoms with Crippen LogP contribution in [0.3, 0.4) is 0 Å². The number of nitrogens with one attached hydrogen (secondary N) is 1. The molecule has 0 radical (unpaired) electrons. The minimum absolute atomic E-state index is 0.0892. The van der Waals surface area contributed by atoms with E-state index in [1.54, 1.807) is 30.3 Å². The lowest BCUT2D eigenvalue weighted by Crippen LogP contribution is -2.40. The normalized spacial score (nSPS) is 11.0. The van der Waals surface area contributed by atoms with Crippen LogP contribution in [0.2, 0.25) is 0 Å². The first-order valence-corrected chi connectivity index (χ1v) is 10.0. The summed E-state index contributed by atoms with van der Waals surface area (Å²) >= 11 is 0. The number of sulfonamides is 1. The van der Waals surface area contributed by atoms with Gasteiger partial charge in [0.25, 0.3) is 10.0 Å². The number of rotatable bonds is 7. The molecule has 3 rings (SSSR count). The molecule has 0 saturated carbocycles. The Morgan fingerprint density at radius 3 is 2.04 bits per heavy atom. The van der Waals surface area contributed by atoms with Crippen LogP contribution in [0.25, 0.3) is 0 Å². The third-order valence-corrected chi connectivity index (χ3v) is 5.85. The average molecular weight is 398 g/mol. The van der Waals surface area contributed by atoms with Crippen LogP contribution >= 0.6 is 0 Å². The third-order valence-electron chi connectivity index (χ3n) is 4.07. The summed E-state index contributed by atoms with van der Waals surface area (Å²) in [4.78, 5) is 12.4. The number of anilines is 1. The Kier molecular flexibility index (Phi) is 6.06. The van der Waals surface area contributed by atoms with E-state index in [0.717, 1.165) is 22.0 Å². The van der Waals surface area contributed by atoms with Gasteiger partial charge in [0.2, 0.25) is 5.91 Å². The SMILES string of the molecule is O=C(CN(c1ccccc1)S(=O)(=O)c1ccc(F)cc1)NCc1ccccc1. The fourth-order valence-corrected chi connectivity index (χ4v) is 4.05. The van der Waals surface area contributed by atoms with E-state index in [1.165, 1.54) is 12.1 Å². The monoisotopic (exact) mass is 398 g/mol. The molecule has 7 heteroatoms. The van der Waals surface area contributed by atoms with Gasteiger partial charge < -0.3 is 5.32 Å². The summed E-state index contributed by atoms with van der Waals surface area (Å²) in [5.74, 6) is -0.982. The van der Waals surface area contributed by atoms with Crippen molar-refractivity contribution in [3.05, 3.63) is 96.3 Å². The molecule has 0 saturated heterocycles. The summed E-state index contributed by atoms with van der Waals surface area (Å²) < 4.78 is 40.4. The highest BCUT2D eigenvalue weighted by Crippen LogP contribution is 2.23. The third kappa shape index (κ3) is 4.75. The summed E-state index contributed by atoms with van der Waals surface area (Å²) in [6.45, 7) is -0.102. The van der Waals surface area contributed by atoms with Crippen LogP contribution in [0.4, 0.5) is 10.1 Å². The van der Waals surface area contributed by atoms with Crippen molar-refractivity contribution in [1.82, 2.24) is 5.32 Å². The Hall–Kier alpha value is -3.19. The molecule has 0 atom stereocenters. The van der Waals surface area contributed by atoms with Crippen molar-refractivity contribution in [2.45, 2.75) is 11.4 Å². The number of hydrogen-bond acceptors (Lipinski definition) is 3. The molecule has 3 aromatic carbocycles. The van der Waals surface area contributed by atoms with E-state index in [2.05, 4.69) is 5.32 Å². The Morgan fingerprint density at radius 2 is 1.43 bits per heavy atom. The summed E-state index contributed by atoms with van der Waals surface area (Å²) in [7, 11) is -4.04. The van der Waals surface area contributed by atoms with Gasteiger partial charge in [-0.15, -0.1) is 0 Å². The first kappa shape index (κ1) is 19.6. The second kappa shape index (κ2) is 8.67. The van der Waals surface area contributed by atoms with E-state index in [-0.39, 0.29) is 4.90 Å². The molecule has 3 aromatic rings. The first-order chi connectivity index (χ1) is 13.5. The van der Waals surface area contributed by atoms with Crippen LogP contribution in [0.15, 0.2) is 89.8 Å². The van der Waals surface area contributed by atoms with Crippen LogP contribution in [0, 0.1) is 5.82 Å². The summed E-state index contributed by atoms with van der Waals surface area (Å²) in [6.07, 6.45) is 0. The highest BCUT2D eigenvalue weighted by atomic mass is 32.2. The van der Waals surface area contributed by atoms with Crippen molar-refractivity contribution < 1.29 is 17.6 Å². The Balaban J connectivity index is 1.83. The lowest BCUT2D eigenvalue weighted by Gasteiger charge is -2.24. The molecule has 0 aromatic heterocycles. The Morgan fingerprint density at radius 1 is 0.857 bits per heavy atom. The van der Waals surface area contributed by atoms with Crippen molar-refractivity contribution in [3.8, 4) is 0 Å². The molecule has 1 amide bonds. The van der Waals surface area contributed by atoms with Gasteiger partial charge >= 0.3 is 0 Å². The predicted octanol–water partition coefficient (Wildman–Crippen LogP) is 3.34. The molecule has 0 fully saturated rings. The molecule has 0 aliphatic carbocycles. The van der Waals surface area contributed by atoms with Gasteiger partial charge in [0.15, 0.2) is 0 Å². The number of amides is 1. The number of carbonyl (C=O) groups is 1. The molecule has 0 heterocycles. The molecule has 0 unspecified atom stereocenters.